The van der Waals surface area contributed by atoms with Crippen LogP contribution in [0.2, 0.25) is 0 Å². The van der Waals surface area contributed by atoms with E-state index in [1.165, 1.54) is 4.90 Å². The highest BCUT2D eigenvalue weighted by atomic mass is 79.9. The molecule has 6 nitrogen and oxygen atoms in total. The lowest BCUT2D eigenvalue weighted by Crippen LogP contribution is -2.45. The van der Waals surface area contributed by atoms with Crippen molar-refractivity contribution in [2.24, 2.45) is 0 Å². The van der Waals surface area contributed by atoms with Crippen molar-refractivity contribution in [1.29, 1.82) is 0 Å². The standard InChI is InChI=1S/C12H13BrF2N2O4S/c13-8-5-10(15)11(6-9(8)14)22(19,20)16-7-12(18)17-1-3-21-4-2-17/h5-6,16H,1-4,7H2. The van der Waals surface area contributed by atoms with Gasteiger partial charge in [-0.05, 0) is 28.1 Å². The molecule has 2 rings (SSSR count). The third kappa shape index (κ3) is 4.00. The van der Waals surface area contributed by atoms with Gasteiger partial charge in [-0.1, -0.05) is 0 Å². The lowest BCUT2D eigenvalue weighted by Gasteiger charge is -2.26. The van der Waals surface area contributed by atoms with Gasteiger partial charge >= 0.3 is 0 Å². The zero-order valence-corrected chi connectivity index (χ0v) is 13.7. The molecule has 0 unspecified atom stereocenters. The Hall–Kier alpha value is -1.10. The highest BCUT2D eigenvalue weighted by molar-refractivity contribution is 9.10. The average Bonchev–Trinajstić information content (AvgIpc) is 2.49. The van der Waals surface area contributed by atoms with E-state index in [0.717, 1.165) is 0 Å². The quantitative estimate of drug-likeness (QED) is 0.763. The van der Waals surface area contributed by atoms with Gasteiger partial charge < -0.3 is 9.64 Å². The number of sulfonamides is 1. The van der Waals surface area contributed by atoms with Gasteiger partial charge in [0.05, 0.1) is 24.2 Å². The molecule has 0 aromatic heterocycles. The summed E-state index contributed by atoms with van der Waals surface area (Å²) >= 11 is 2.76. The SMILES string of the molecule is O=C(CNS(=O)(=O)c1cc(F)c(Br)cc1F)N1CCOCC1. The van der Waals surface area contributed by atoms with Crippen molar-refractivity contribution in [3.63, 3.8) is 0 Å². The number of halogens is 3. The monoisotopic (exact) mass is 398 g/mol. The Bertz CT molecular complexity index is 678. The van der Waals surface area contributed by atoms with Gasteiger partial charge in [-0.15, -0.1) is 0 Å². The molecular weight excluding hydrogens is 386 g/mol. The van der Waals surface area contributed by atoms with Gasteiger partial charge in [-0.3, -0.25) is 4.79 Å². The van der Waals surface area contributed by atoms with Gasteiger partial charge in [0, 0.05) is 13.1 Å². The average molecular weight is 399 g/mol. The molecule has 10 heteroatoms. The fraction of sp³-hybridized carbons (Fsp3) is 0.417. The first-order chi connectivity index (χ1) is 10.3. The van der Waals surface area contributed by atoms with Gasteiger partial charge in [0.2, 0.25) is 15.9 Å². The highest BCUT2D eigenvalue weighted by Crippen LogP contribution is 2.22. The molecule has 0 bridgehead atoms. The smallest absolute Gasteiger partial charge is 0.244 e. The summed E-state index contributed by atoms with van der Waals surface area (Å²) in [6, 6.07) is 1.27. The van der Waals surface area contributed by atoms with Gasteiger partial charge in [-0.25, -0.2) is 21.9 Å². The number of ether oxygens (including phenoxy) is 1. The maximum atomic E-state index is 13.7. The third-order valence-corrected chi connectivity index (χ3v) is 5.07. The third-order valence-electron chi connectivity index (χ3n) is 3.04. The summed E-state index contributed by atoms with van der Waals surface area (Å²) in [5, 5.41) is 0. The second-order valence-electron chi connectivity index (χ2n) is 4.51. The molecule has 0 saturated carbocycles. The first kappa shape index (κ1) is 17.3. The number of nitrogens with zero attached hydrogens (tertiary/aromatic N) is 1. The number of rotatable bonds is 4. The van der Waals surface area contributed by atoms with Gasteiger partial charge in [-0.2, -0.15) is 0 Å². The van der Waals surface area contributed by atoms with E-state index in [4.69, 9.17) is 4.74 Å². The Morgan fingerprint density at radius 3 is 2.55 bits per heavy atom. The minimum absolute atomic E-state index is 0.187. The zero-order chi connectivity index (χ0) is 16.3. The summed E-state index contributed by atoms with van der Waals surface area (Å²) < 4.78 is 57.9. The molecule has 1 aliphatic heterocycles. The number of hydrogen-bond donors (Lipinski definition) is 1. The van der Waals surface area contributed by atoms with Crippen molar-refractivity contribution in [3.05, 3.63) is 28.2 Å². The molecule has 22 heavy (non-hydrogen) atoms. The summed E-state index contributed by atoms with van der Waals surface area (Å²) in [5.74, 6) is -2.48. The van der Waals surface area contributed by atoms with Gasteiger partial charge in [0.25, 0.3) is 0 Å². The maximum absolute atomic E-state index is 13.7. The molecular formula is C12H13BrF2N2O4S. The molecule has 1 N–H and O–H groups in total. The molecule has 1 amide bonds. The number of benzene rings is 1. The van der Waals surface area contributed by atoms with E-state index in [-0.39, 0.29) is 4.47 Å². The van der Waals surface area contributed by atoms with Gasteiger partial charge in [0.1, 0.15) is 16.5 Å². The first-order valence-electron chi connectivity index (χ1n) is 6.31. The second kappa shape index (κ2) is 6.99. The van der Waals surface area contributed by atoms with E-state index < -0.39 is 39.0 Å². The first-order valence-corrected chi connectivity index (χ1v) is 8.58. The van der Waals surface area contributed by atoms with Crippen molar-refractivity contribution in [2.75, 3.05) is 32.8 Å². The zero-order valence-electron chi connectivity index (χ0n) is 11.3. The largest absolute Gasteiger partial charge is 0.378 e. The molecule has 1 aliphatic rings. The predicted molar refractivity (Wildman–Crippen MR) is 76.6 cm³/mol. The summed E-state index contributed by atoms with van der Waals surface area (Å²) in [5.41, 5.74) is 0. The number of amides is 1. The Morgan fingerprint density at radius 2 is 1.91 bits per heavy atom. The van der Waals surface area contributed by atoms with Crippen LogP contribution in [0.25, 0.3) is 0 Å². The fourth-order valence-electron chi connectivity index (χ4n) is 1.87. The lowest BCUT2D eigenvalue weighted by molar-refractivity contribution is -0.133. The number of carbonyl (C=O) groups excluding carboxylic acids is 1. The van der Waals surface area contributed by atoms with Crippen LogP contribution in [0.15, 0.2) is 21.5 Å². The molecule has 1 saturated heterocycles. The van der Waals surface area contributed by atoms with Crippen molar-refractivity contribution in [2.45, 2.75) is 4.90 Å². The lowest BCUT2D eigenvalue weighted by atomic mass is 10.3. The van der Waals surface area contributed by atoms with Crippen LogP contribution in [0.3, 0.4) is 0 Å². The van der Waals surface area contributed by atoms with Crippen molar-refractivity contribution < 1.29 is 26.7 Å². The number of hydrogen-bond acceptors (Lipinski definition) is 4. The second-order valence-corrected chi connectivity index (χ2v) is 7.10. The summed E-state index contributed by atoms with van der Waals surface area (Å²) in [7, 11) is -4.33. The van der Waals surface area contributed by atoms with Crippen molar-refractivity contribution in [3.8, 4) is 0 Å². The molecule has 1 aromatic rings. The Kier molecular flexibility index (Phi) is 5.48. The minimum atomic E-state index is -4.33. The molecule has 0 spiro atoms. The molecule has 0 atom stereocenters. The normalized spacial score (nSPS) is 15.9. The van der Waals surface area contributed by atoms with E-state index in [1.807, 2.05) is 4.72 Å². The van der Waals surface area contributed by atoms with Crippen molar-refractivity contribution in [1.82, 2.24) is 9.62 Å². The molecule has 122 valence electrons. The Balaban J connectivity index is 2.08. The van der Waals surface area contributed by atoms with Crippen LogP contribution < -0.4 is 4.72 Å². The maximum Gasteiger partial charge on any atom is 0.244 e. The number of nitrogens with one attached hydrogen (secondary N) is 1. The van der Waals surface area contributed by atoms with Crippen molar-refractivity contribution >= 4 is 31.9 Å². The minimum Gasteiger partial charge on any atom is -0.378 e. The van der Waals surface area contributed by atoms with Gasteiger partial charge in [0.15, 0.2) is 0 Å². The topological polar surface area (TPSA) is 75.7 Å². The summed E-state index contributed by atoms with van der Waals surface area (Å²) in [6.45, 7) is 0.958. The van der Waals surface area contributed by atoms with Crippen LogP contribution in [-0.2, 0) is 19.6 Å². The molecule has 1 fully saturated rings. The molecule has 1 aromatic carbocycles. The van der Waals surface area contributed by atoms with E-state index in [0.29, 0.717) is 38.4 Å². The molecule has 0 aliphatic carbocycles. The van der Waals surface area contributed by atoms with E-state index in [1.54, 1.807) is 0 Å². The fourth-order valence-corrected chi connectivity index (χ4v) is 3.23. The predicted octanol–water partition coefficient (Wildman–Crippen LogP) is 0.864. The van der Waals surface area contributed by atoms with Crippen LogP contribution in [0.1, 0.15) is 0 Å². The van der Waals surface area contributed by atoms with Crippen LogP contribution in [0, 0.1) is 11.6 Å². The van der Waals surface area contributed by atoms with E-state index in [2.05, 4.69) is 15.9 Å². The van der Waals surface area contributed by atoms with Crippen LogP contribution >= 0.6 is 15.9 Å². The summed E-state index contributed by atoms with van der Waals surface area (Å²) in [6.07, 6.45) is 0. The number of morpholine rings is 1. The Labute approximate surface area is 134 Å². The summed E-state index contributed by atoms with van der Waals surface area (Å²) in [4.78, 5) is 12.4. The van der Waals surface area contributed by atoms with Crippen LogP contribution in [0.4, 0.5) is 8.78 Å². The van der Waals surface area contributed by atoms with Crippen LogP contribution in [0.5, 0.6) is 0 Å². The molecule has 0 radical (unpaired) electrons. The highest BCUT2D eigenvalue weighted by Gasteiger charge is 2.24. The van der Waals surface area contributed by atoms with Crippen LogP contribution in [-0.4, -0.2) is 52.1 Å². The number of carbonyl (C=O) groups is 1. The van der Waals surface area contributed by atoms with E-state index in [9.17, 15) is 22.0 Å². The van der Waals surface area contributed by atoms with E-state index >= 15 is 0 Å². The Morgan fingerprint density at radius 1 is 1.27 bits per heavy atom. The molecule has 1 heterocycles.